The minimum Gasteiger partial charge on any atom is -0.491 e. The molecular weight excluding hydrogens is 520 g/mol. The van der Waals surface area contributed by atoms with E-state index in [9.17, 15) is 4.79 Å². The van der Waals surface area contributed by atoms with Crippen molar-refractivity contribution in [2.24, 2.45) is 0 Å². The van der Waals surface area contributed by atoms with Crippen LogP contribution in [0.15, 0.2) is 66.7 Å². The van der Waals surface area contributed by atoms with Gasteiger partial charge in [-0.1, -0.05) is 48.5 Å². The molecule has 0 aromatic heterocycles. The molecule has 0 radical (unpaired) electrons. The molecule has 0 unspecified atom stereocenters. The zero-order valence-electron chi connectivity index (χ0n) is 21.0. The molecule has 38 heavy (non-hydrogen) atoms. The SMILES string of the molecule is O=C1N(C[C@@H]2CN(Cc3ccccc3)CCO2)c2ccccc2[C@]12COc1cc3c(cc12)OCCO3.S.S. The molecule has 9 heteroatoms. The van der Waals surface area contributed by atoms with Crippen LogP contribution in [-0.4, -0.2) is 63.0 Å². The van der Waals surface area contributed by atoms with Gasteiger partial charge in [-0.05, 0) is 23.3 Å². The number of morpholine rings is 1. The molecule has 0 aliphatic carbocycles. The molecule has 4 aliphatic rings. The highest BCUT2D eigenvalue weighted by molar-refractivity contribution is 7.59. The molecule has 1 spiro atoms. The van der Waals surface area contributed by atoms with Crippen molar-refractivity contribution < 1.29 is 23.7 Å². The maximum Gasteiger partial charge on any atom is 0.245 e. The van der Waals surface area contributed by atoms with Crippen LogP contribution >= 0.6 is 27.0 Å². The summed E-state index contributed by atoms with van der Waals surface area (Å²) in [4.78, 5) is 18.6. The Balaban J connectivity index is 0.00000147. The third kappa shape index (κ3) is 4.31. The number of carbonyl (C=O) groups is 1. The molecule has 1 saturated heterocycles. The Morgan fingerprint density at radius 3 is 2.37 bits per heavy atom. The Hall–Kier alpha value is -2.85. The highest BCUT2D eigenvalue weighted by Gasteiger charge is 2.57. The minimum atomic E-state index is -0.889. The Bertz CT molecular complexity index is 1320. The molecule has 0 saturated carbocycles. The summed E-state index contributed by atoms with van der Waals surface area (Å²) in [5.74, 6) is 2.05. The lowest BCUT2D eigenvalue weighted by atomic mass is 9.77. The van der Waals surface area contributed by atoms with Crippen LogP contribution in [0.4, 0.5) is 5.69 Å². The number of para-hydroxylation sites is 1. The van der Waals surface area contributed by atoms with E-state index in [4.69, 9.17) is 18.9 Å². The first kappa shape index (κ1) is 26.7. The van der Waals surface area contributed by atoms with Gasteiger partial charge < -0.3 is 23.8 Å². The van der Waals surface area contributed by atoms with Gasteiger partial charge in [-0.2, -0.15) is 27.0 Å². The first-order chi connectivity index (χ1) is 17.7. The highest BCUT2D eigenvalue weighted by Crippen LogP contribution is 2.54. The molecule has 4 aliphatic heterocycles. The molecule has 2 atom stereocenters. The third-order valence-corrected chi connectivity index (χ3v) is 7.67. The Kier molecular flexibility index (Phi) is 7.55. The van der Waals surface area contributed by atoms with Gasteiger partial charge >= 0.3 is 0 Å². The molecule has 200 valence electrons. The van der Waals surface area contributed by atoms with Crippen LogP contribution in [0.25, 0.3) is 0 Å². The zero-order valence-corrected chi connectivity index (χ0v) is 23.0. The van der Waals surface area contributed by atoms with E-state index in [1.165, 1.54) is 5.56 Å². The van der Waals surface area contributed by atoms with Gasteiger partial charge in [0.2, 0.25) is 5.91 Å². The average Bonchev–Trinajstić information content (AvgIpc) is 3.40. The normalized spacial score (nSPS) is 23.2. The number of rotatable bonds is 4. The van der Waals surface area contributed by atoms with Crippen LogP contribution in [0.3, 0.4) is 0 Å². The van der Waals surface area contributed by atoms with Crippen molar-refractivity contribution in [3.63, 3.8) is 0 Å². The van der Waals surface area contributed by atoms with Crippen LogP contribution in [0.5, 0.6) is 17.2 Å². The summed E-state index contributed by atoms with van der Waals surface area (Å²) in [6.45, 7) is 4.97. The molecule has 3 aromatic rings. The number of benzene rings is 3. The van der Waals surface area contributed by atoms with E-state index in [1.807, 2.05) is 47.4 Å². The Morgan fingerprint density at radius 1 is 0.816 bits per heavy atom. The lowest BCUT2D eigenvalue weighted by Crippen LogP contribution is -2.50. The first-order valence-corrected chi connectivity index (χ1v) is 12.6. The summed E-state index contributed by atoms with van der Waals surface area (Å²) in [6, 6.07) is 22.3. The number of hydrogen-bond acceptors (Lipinski definition) is 6. The van der Waals surface area contributed by atoms with Crippen LogP contribution in [0.1, 0.15) is 16.7 Å². The number of amides is 1. The van der Waals surface area contributed by atoms with Gasteiger partial charge in [0.25, 0.3) is 0 Å². The van der Waals surface area contributed by atoms with E-state index in [2.05, 4.69) is 29.2 Å². The lowest BCUT2D eigenvalue weighted by Gasteiger charge is -2.35. The predicted octanol–water partition coefficient (Wildman–Crippen LogP) is 3.61. The molecule has 0 bridgehead atoms. The molecular formula is C29H32N2O5S2. The van der Waals surface area contributed by atoms with E-state index in [1.54, 1.807) is 0 Å². The Morgan fingerprint density at radius 2 is 1.55 bits per heavy atom. The summed E-state index contributed by atoms with van der Waals surface area (Å²) in [6.07, 6.45) is -0.0725. The number of anilines is 1. The van der Waals surface area contributed by atoms with Gasteiger partial charge in [0.1, 0.15) is 31.0 Å². The summed E-state index contributed by atoms with van der Waals surface area (Å²) < 4.78 is 23.9. The van der Waals surface area contributed by atoms with Crippen molar-refractivity contribution in [1.29, 1.82) is 0 Å². The lowest BCUT2D eigenvalue weighted by molar-refractivity contribution is -0.123. The molecule has 3 aromatic carbocycles. The maximum absolute atomic E-state index is 14.3. The fourth-order valence-corrected chi connectivity index (χ4v) is 5.97. The highest BCUT2D eigenvalue weighted by atomic mass is 32.1. The largest absolute Gasteiger partial charge is 0.491 e. The van der Waals surface area contributed by atoms with Crippen molar-refractivity contribution in [2.45, 2.75) is 18.1 Å². The quantitative estimate of drug-likeness (QED) is 0.493. The van der Waals surface area contributed by atoms with Crippen molar-refractivity contribution in [2.75, 3.05) is 51.0 Å². The molecule has 7 nitrogen and oxygen atoms in total. The van der Waals surface area contributed by atoms with E-state index in [-0.39, 0.29) is 45.6 Å². The zero-order chi connectivity index (χ0) is 24.1. The summed E-state index contributed by atoms with van der Waals surface area (Å²) in [5.41, 5.74) is 3.15. The van der Waals surface area contributed by atoms with E-state index in [0.29, 0.717) is 43.6 Å². The second kappa shape index (κ2) is 10.7. The fourth-order valence-electron chi connectivity index (χ4n) is 5.97. The van der Waals surface area contributed by atoms with Crippen LogP contribution in [0, 0.1) is 0 Å². The number of hydrogen-bond donors (Lipinski definition) is 0. The smallest absolute Gasteiger partial charge is 0.245 e. The third-order valence-electron chi connectivity index (χ3n) is 7.67. The number of carbonyl (C=O) groups excluding carboxylic acids is 1. The van der Waals surface area contributed by atoms with Gasteiger partial charge in [-0.25, -0.2) is 0 Å². The second-order valence-corrected chi connectivity index (χ2v) is 9.83. The second-order valence-electron chi connectivity index (χ2n) is 9.83. The monoisotopic (exact) mass is 552 g/mol. The number of fused-ring (bicyclic) bond motifs is 5. The topological polar surface area (TPSA) is 60.5 Å². The first-order valence-electron chi connectivity index (χ1n) is 12.6. The van der Waals surface area contributed by atoms with Crippen molar-refractivity contribution in [3.05, 3.63) is 83.4 Å². The minimum absolute atomic E-state index is 0. The number of nitrogens with zero attached hydrogens (tertiary/aromatic N) is 2. The molecule has 1 amide bonds. The molecule has 0 N–H and O–H groups in total. The van der Waals surface area contributed by atoms with Crippen LogP contribution in [-0.2, 0) is 21.5 Å². The van der Waals surface area contributed by atoms with Gasteiger partial charge in [-0.3, -0.25) is 9.69 Å². The summed E-state index contributed by atoms with van der Waals surface area (Å²) in [5, 5.41) is 0. The van der Waals surface area contributed by atoms with Crippen molar-refractivity contribution in [3.8, 4) is 17.2 Å². The van der Waals surface area contributed by atoms with E-state index < -0.39 is 5.41 Å². The van der Waals surface area contributed by atoms with Gasteiger partial charge in [0.15, 0.2) is 11.5 Å². The molecule has 4 heterocycles. The van der Waals surface area contributed by atoms with Crippen molar-refractivity contribution in [1.82, 2.24) is 4.90 Å². The van der Waals surface area contributed by atoms with E-state index in [0.717, 1.165) is 36.4 Å². The van der Waals surface area contributed by atoms with Crippen LogP contribution in [0.2, 0.25) is 0 Å². The Labute approximate surface area is 236 Å². The van der Waals surface area contributed by atoms with Crippen molar-refractivity contribution >= 4 is 38.6 Å². The molecule has 7 rings (SSSR count). The van der Waals surface area contributed by atoms with E-state index >= 15 is 0 Å². The van der Waals surface area contributed by atoms with Gasteiger partial charge in [0, 0.05) is 37.0 Å². The standard InChI is InChI=1S/C29H28N2O5.2H2S/c32-28-29(19-36-25-15-27-26(14-23(25)29)34-12-13-35-27)22-8-4-5-9-24(22)31(28)18-21-17-30(10-11-33-21)16-20-6-2-1-3-7-20;;/h1-9,14-15,21H,10-13,16-19H2;2*1H2/t21-,29-;;/m0../s1. The molecule has 1 fully saturated rings. The van der Waals surface area contributed by atoms with Crippen LogP contribution < -0.4 is 19.1 Å². The number of ether oxygens (including phenoxy) is 4. The van der Waals surface area contributed by atoms with Gasteiger partial charge in [0.05, 0.1) is 19.3 Å². The fraction of sp³-hybridized carbons (Fsp3) is 0.345. The maximum atomic E-state index is 14.3. The predicted molar refractivity (Wildman–Crippen MR) is 155 cm³/mol. The summed E-state index contributed by atoms with van der Waals surface area (Å²) in [7, 11) is 0. The average molecular weight is 553 g/mol. The van der Waals surface area contributed by atoms with Gasteiger partial charge in [-0.15, -0.1) is 0 Å². The summed E-state index contributed by atoms with van der Waals surface area (Å²) >= 11 is 0.